The first-order valence-corrected chi connectivity index (χ1v) is 10.7. The predicted molar refractivity (Wildman–Crippen MR) is 118 cm³/mol. The number of hydrogen-bond donors (Lipinski definition) is 1. The first-order chi connectivity index (χ1) is 14.7. The van der Waals surface area contributed by atoms with E-state index in [1.807, 2.05) is 36.7 Å². The van der Waals surface area contributed by atoms with E-state index in [1.54, 1.807) is 11.8 Å². The third kappa shape index (κ3) is 3.25. The number of nitrogens with zero attached hydrogens (tertiary/aromatic N) is 6. The summed E-state index contributed by atoms with van der Waals surface area (Å²) < 4.78 is 2.18. The zero-order chi connectivity index (χ0) is 20.5. The molecule has 0 atom stereocenters. The SMILES string of the molecule is CSc1nc2c(C)ccnc2n1Cc1ccc(-c2ccccc2-c2nn[nH]n2)cc1. The van der Waals surface area contributed by atoms with E-state index in [0.717, 1.165) is 45.1 Å². The molecule has 0 bridgehead atoms. The highest BCUT2D eigenvalue weighted by Gasteiger charge is 2.14. The summed E-state index contributed by atoms with van der Waals surface area (Å²) in [7, 11) is 0. The van der Waals surface area contributed by atoms with Crippen molar-refractivity contribution >= 4 is 22.9 Å². The lowest BCUT2D eigenvalue weighted by atomic mass is 9.98. The van der Waals surface area contributed by atoms with E-state index in [-0.39, 0.29) is 0 Å². The molecule has 8 heteroatoms. The average molecular weight is 414 g/mol. The quantitative estimate of drug-likeness (QED) is 0.431. The fourth-order valence-corrected chi connectivity index (χ4v) is 4.15. The van der Waals surface area contributed by atoms with E-state index in [1.165, 1.54) is 5.56 Å². The van der Waals surface area contributed by atoms with Crippen LogP contribution >= 0.6 is 11.8 Å². The number of fused-ring (bicyclic) bond motifs is 1. The molecule has 7 nitrogen and oxygen atoms in total. The number of aromatic amines is 1. The molecule has 0 aliphatic carbocycles. The van der Waals surface area contributed by atoms with Gasteiger partial charge in [-0.3, -0.25) is 4.57 Å². The fraction of sp³-hybridized carbons (Fsp3) is 0.136. The third-order valence-corrected chi connectivity index (χ3v) is 5.78. The zero-order valence-corrected chi connectivity index (χ0v) is 17.4. The van der Waals surface area contributed by atoms with Crippen molar-refractivity contribution in [3.8, 4) is 22.5 Å². The monoisotopic (exact) mass is 413 g/mol. The number of rotatable bonds is 5. The number of nitrogens with one attached hydrogen (secondary N) is 1. The minimum atomic E-state index is 0.589. The van der Waals surface area contributed by atoms with Gasteiger partial charge in [0.1, 0.15) is 5.52 Å². The molecular weight excluding hydrogens is 394 g/mol. The number of imidazole rings is 1. The maximum atomic E-state index is 4.77. The highest BCUT2D eigenvalue weighted by atomic mass is 32.2. The predicted octanol–water partition coefficient (Wildman–Crippen LogP) is 4.36. The summed E-state index contributed by atoms with van der Waals surface area (Å²) in [5, 5.41) is 15.4. The van der Waals surface area contributed by atoms with E-state index < -0.39 is 0 Å². The molecule has 0 saturated heterocycles. The van der Waals surface area contributed by atoms with Crippen LogP contribution in [-0.4, -0.2) is 41.4 Å². The van der Waals surface area contributed by atoms with Crippen molar-refractivity contribution < 1.29 is 0 Å². The summed E-state index contributed by atoms with van der Waals surface area (Å²) in [4.78, 5) is 9.35. The Balaban J connectivity index is 1.49. The van der Waals surface area contributed by atoms with Crippen LogP contribution in [0.4, 0.5) is 0 Å². The minimum Gasteiger partial charge on any atom is -0.299 e. The molecule has 0 aliphatic heterocycles. The molecule has 30 heavy (non-hydrogen) atoms. The normalized spacial score (nSPS) is 11.3. The number of aromatic nitrogens is 7. The highest BCUT2D eigenvalue weighted by molar-refractivity contribution is 7.98. The lowest BCUT2D eigenvalue weighted by molar-refractivity contribution is 0.725. The van der Waals surface area contributed by atoms with Gasteiger partial charge in [-0.25, -0.2) is 9.97 Å². The Hall–Kier alpha value is -3.52. The third-order valence-electron chi connectivity index (χ3n) is 5.10. The van der Waals surface area contributed by atoms with Crippen LogP contribution in [0.5, 0.6) is 0 Å². The Morgan fingerprint density at radius 3 is 2.53 bits per heavy atom. The lowest BCUT2D eigenvalue weighted by Crippen LogP contribution is -2.02. The van der Waals surface area contributed by atoms with Gasteiger partial charge in [-0.15, -0.1) is 10.2 Å². The average Bonchev–Trinajstić information content (AvgIpc) is 3.44. The molecule has 1 N–H and O–H groups in total. The molecular formula is C22H19N7S. The molecule has 0 unspecified atom stereocenters. The largest absolute Gasteiger partial charge is 0.299 e. The van der Waals surface area contributed by atoms with Gasteiger partial charge in [0.05, 0.1) is 6.54 Å². The number of aryl methyl sites for hydroxylation is 1. The molecule has 2 aromatic carbocycles. The molecule has 0 radical (unpaired) electrons. The summed E-state index contributed by atoms with van der Waals surface area (Å²) in [6.45, 7) is 2.79. The van der Waals surface area contributed by atoms with Crippen molar-refractivity contribution in [3.63, 3.8) is 0 Å². The van der Waals surface area contributed by atoms with Crippen LogP contribution in [0.25, 0.3) is 33.7 Å². The smallest absolute Gasteiger partial charge is 0.205 e. The zero-order valence-electron chi connectivity index (χ0n) is 16.6. The van der Waals surface area contributed by atoms with Crippen molar-refractivity contribution in [2.24, 2.45) is 0 Å². The molecule has 3 heterocycles. The van der Waals surface area contributed by atoms with Crippen molar-refractivity contribution in [1.29, 1.82) is 0 Å². The summed E-state index contributed by atoms with van der Waals surface area (Å²) >= 11 is 1.64. The number of H-pyrrole nitrogens is 1. The molecule has 148 valence electrons. The summed E-state index contributed by atoms with van der Waals surface area (Å²) in [6.07, 6.45) is 3.89. The van der Waals surface area contributed by atoms with Gasteiger partial charge >= 0.3 is 0 Å². The van der Waals surface area contributed by atoms with Crippen molar-refractivity contribution in [2.45, 2.75) is 18.6 Å². The van der Waals surface area contributed by atoms with Crippen molar-refractivity contribution in [3.05, 3.63) is 71.9 Å². The van der Waals surface area contributed by atoms with Crippen LogP contribution in [0.15, 0.2) is 66.0 Å². The van der Waals surface area contributed by atoms with Crippen LogP contribution in [0.1, 0.15) is 11.1 Å². The summed E-state index contributed by atoms with van der Waals surface area (Å²) in [5.41, 5.74) is 7.34. The summed E-state index contributed by atoms with van der Waals surface area (Å²) in [6, 6.07) is 18.6. The van der Waals surface area contributed by atoms with Crippen molar-refractivity contribution in [1.82, 2.24) is 35.2 Å². The Bertz CT molecular complexity index is 1310. The van der Waals surface area contributed by atoms with E-state index in [0.29, 0.717) is 5.82 Å². The van der Waals surface area contributed by atoms with Crippen LogP contribution in [-0.2, 0) is 6.54 Å². The number of benzene rings is 2. The molecule has 0 fully saturated rings. The number of tetrazole rings is 1. The lowest BCUT2D eigenvalue weighted by Gasteiger charge is -2.10. The van der Waals surface area contributed by atoms with E-state index in [2.05, 4.69) is 67.4 Å². The van der Waals surface area contributed by atoms with Gasteiger partial charge in [0.15, 0.2) is 10.8 Å². The Labute approximate surface area is 177 Å². The molecule has 5 rings (SSSR count). The Morgan fingerprint density at radius 1 is 1.00 bits per heavy atom. The maximum absolute atomic E-state index is 4.77. The first-order valence-electron chi connectivity index (χ1n) is 9.52. The Morgan fingerprint density at radius 2 is 1.80 bits per heavy atom. The second kappa shape index (κ2) is 7.72. The van der Waals surface area contributed by atoms with Crippen LogP contribution < -0.4 is 0 Å². The van der Waals surface area contributed by atoms with Crippen molar-refractivity contribution in [2.75, 3.05) is 6.26 Å². The van der Waals surface area contributed by atoms with E-state index in [4.69, 9.17) is 4.98 Å². The van der Waals surface area contributed by atoms with Gasteiger partial charge in [0.2, 0.25) is 5.82 Å². The summed E-state index contributed by atoms with van der Waals surface area (Å²) in [5.74, 6) is 0.589. The fourth-order valence-electron chi connectivity index (χ4n) is 3.59. The van der Waals surface area contributed by atoms with E-state index in [9.17, 15) is 0 Å². The van der Waals surface area contributed by atoms with Gasteiger partial charge in [-0.1, -0.05) is 60.3 Å². The van der Waals surface area contributed by atoms with Crippen LogP contribution in [0.2, 0.25) is 0 Å². The molecule has 0 saturated carbocycles. The number of pyridine rings is 1. The van der Waals surface area contributed by atoms with Gasteiger partial charge in [-0.2, -0.15) is 5.21 Å². The molecule has 5 aromatic rings. The molecule has 0 aliphatic rings. The van der Waals surface area contributed by atoms with Gasteiger partial charge in [0, 0.05) is 11.8 Å². The molecule has 3 aromatic heterocycles. The number of thioether (sulfide) groups is 1. The second-order valence-electron chi connectivity index (χ2n) is 6.96. The molecule has 0 amide bonds. The van der Waals surface area contributed by atoms with Gasteiger partial charge in [0.25, 0.3) is 0 Å². The van der Waals surface area contributed by atoms with E-state index >= 15 is 0 Å². The highest BCUT2D eigenvalue weighted by Crippen LogP contribution is 2.30. The Kier molecular flexibility index (Phi) is 4.76. The topological polar surface area (TPSA) is 85.2 Å². The van der Waals surface area contributed by atoms with Crippen LogP contribution in [0.3, 0.4) is 0 Å². The second-order valence-corrected chi connectivity index (χ2v) is 7.74. The van der Waals surface area contributed by atoms with Gasteiger partial charge < -0.3 is 0 Å². The first kappa shape index (κ1) is 18.5. The minimum absolute atomic E-state index is 0.589. The maximum Gasteiger partial charge on any atom is 0.205 e. The molecule has 0 spiro atoms. The standard InChI is InChI=1S/C22H19N7S/c1-14-11-12-23-21-19(14)24-22(30-2)29(21)13-15-7-9-16(10-8-15)17-5-3-4-6-18(17)20-25-27-28-26-20/h3-12H,13H2,1-2H3,(H,25,26,27,28). The van der Waals surface area contributed by atoms with Gasteiger partial charge in [-0.05, 0) is 46.7 Å². The number of hydrogen-bond acceptors (Lipinski definition) is 6. The van der Waals surface area contributed by atoms with Crippen LogP contribution in [0, 0.1) is 6.92 Å².